The second kappa shape index (κ2) is 8.89. The maximum Gasteiger partial charge on any atom is 0.416 e. The summed E-state index contributed by atoms with van der Waals surface area (Å²) in [5, 5.41) is 0. The van der Waals surface area contributed by atoms with Gasteiger partial charge in [0, 0.05) is 19.1 Å². The minimum absolute atomic E-state index is 0.0243. The molecule has 1 spiro atoms. The lowest BCUT2D eigenvalue weighted by Crippen LogP contribution is -2.50. The summed E-state index contributed by atoms with van der Waals surface area (Å²) in [6.45, 7) is 8.25. The molecule has 2 aromatic rings. The van der Waals surface area contributed by atoms with Gasteiger partial charge in [0.1, 0.15) is 11.4 Å². The van der Waals surface area contributed by atoms with Crippen LogP contribution in [-0.4, -0.2) is 23.6 Å². The van der Waals surface area contributed by atoms with E-state index in [-0.39, 0.29) is 11.6 Å². The second-order valence-electron chi connectivity index (χ2n) is 11.2. The Morgan fingerprint density at radius 2 is 1.74 bits per heavy atom. The number of rotatable bonds is 5. The number of benzene rings is 2. The Hall–Kier alpha value is -2.01. The van der Waals surface area contributed by atoms with Gasteiger partial charge in [-0.2, -0.15) is 13.2 Å². The average molecular weight is 472 g/mol. The molecule has 1 saturated heterocycles. The van der Waals surface area contributed by atoms with Crippen LogP contribution < -0.4 is 4.74 Å². The first-order valence-electron chi connectivity index (χ1n) is 12.9. The quantitative estimate of drug-likeness (QED) is 0.443. The lowest BCUT2D eigenvalue weighted by Gasteiger charge is -2.46. The van der Waals surface area contributed by atoms with Crippen LogP contribution in [-0.2, 0) is 19.0 Å². The van der Waals surface area contributed by atoms with Gasteiger partial charge >= 0.3 is 6.18 Å². The second-order valence-corrected chi connectivity index (χ2v) is 11.2. The van der Waals surface area contributed by atoms with Crippen LogP contribution in [0, 0.1) is 5.92 Å². The fourth-order valence-corrected chi connectivity index (χ4v) is 5.89. The molecule has 1 saturated carbocycles. The van der Waals surface area contributed by atoms with Crippen molar-refractivity contribution in [1.29, 1.82) is 0 Å². The number of halogens is 3. The maximum absolute atomic E-state index is 13.4. The maximum atomic E-state index is 13.4. The van der Waals surface area contributed by atoms with E-state index in [0.29, 0.717) is 11.8 Å². The predicted molar refractivity (Wildman–Crippen MR) is 129 cm³/mol. The largest absolute Gasteiger partial charge is 0.487 e. The lowest BCUT2D eigenvalue weighted by atomic mass is 9.82. The molecule has 3 aliphatic rings. The third-order valence-corrected chi connectivity index (χ3v) is 8.09. The molecule has 5 heteroatoms. The van der Waals surface area contributed by atoms with Crippen LogP contribution in [0.5, 0.6) is 5.75 Å². The normalized spacial score (nSPS) is 21.4. The predicted octanol–water partition coefficient (Wildman–Crippen LogP) is 7.70. The highest BCUT2D eigenvalue weighted by Gasteiger charge is 2.41. The number of hydrogen-bond acceptors (Lipinski definition) is 2. The highest BCUT2D eigenvalue weighted by molar-refractivity contribution is 5.41. The molecule has 2 aromatic carbocycles. The van der Waals surface area contributed by atoms with Crippen molar-refractivity contribution in [2.24, 2.45) is 5.92 Å². The molecule has 184 valence electrons. The molecule has 0 radical (unpaired) electrons. The monoisotopic (exact) mass is 471 g/mol. The molecule has 1 aliphatic carbocycles. The number of likely N-dealkylation sites (tertiary alicyclic amines) is 1. The summed E-state index contributed by atoms with van der Waals surface area (Å²) in [6, 6.07) is 11.1. The number of aryl methyl sites for hydroxylation is 1. The zero-order chi connectivity index (χ0) is 24.1. The third kappa shape index (κ3) is 4.86. The molecule has 0 amide bonds. The average Bonchev–Trinajstić information content (AvgIpc) is 3.63. The van der Waals surface area contributed by atoms with Crippen molar-refractivity contribution in [3.8, 4) is 5.75 Å². The Bertz CT molecular complexity index is 1030. The third-order valence-electron chi connectivity index (χ3n) is 8.09. The summed E-state index contributed by atoms with van der Waals surface area (Å²) in [6.07, 6.45) is 2.80. The van der Waals surface area contributed by atoms with Gasteiger partial charge in [0.05, 0.1) is 5.56 Å². The molecule has 34 heavy (non-hydrogen) atoms. The van der Waals surface area contributed by atoms with Gasteiger partial charge in [0.15, 0.2) is 0 Å². The van der Waals surface area contributed by atoms with Crippen molar-refractivity contribution >= 4 is 0 Å². The Morgan fingerprint density at radius 1 is 1.00 bits per heavy atom. The SMILES string of the molecule is CC(C)Cc1ccc2c(c1)OC1(CC2)CCN(C(C)c2cc(C(F)(F)F)ccc2C2CC2)CC1. The van der Waals surface area contributed by atoms with Gasteiger partial charge in [-0.15, -0.1) is 0 Å². The van der Waals surface area contributed by atoms with Crippen molar-refractivity contribution in [1.82, 2.24) is 4.90 Å². The first-order valence-corrected chi connectivity index (χ1v) is 12.9. The molecular weight excluding hydrogens is 435 g/mol. The summed E-state index contributed by atoms with van der Waals surface area (Å²) >= 11 is 0. The molecule has 1 unspecified atom stereocenters. The summed E-state index contributed by atoms with van der Waals surface area (Å²) in [7, 11) is 0. The van der Waals surface area contributed by atoms with E-state index in [9.17, 15) is 13.2 Å². The molecule has 2 nitrogen and oxygen atoms in total. The number of nitrogens with zero attached hydrogens (tertiary/aromatic N) is 1. The highest BCUT2D eigenvalue weighted by atomic mass is 19.4. The van der Waals surface area contributed by atoms with Gasteiger partial charge in [-0.1, -0.05) is 32.0 Å². The zero-order valence-corrected chi connectivity index (χ0v) is 20.5. The first-order chi connectivity index (χ1) is 16.1. The molecule has 5 rings (SSSR count). The fourth-order valence-electron chi connectivity index (χ4n) is 5.89. The van der Waals surface area contributed by atoms with E-state index in [2.05, 4.69) is 43.9 Å². The minimum Gasteiger partial charge on any atom is -0.487 e. The first kappa shape index (κ1) is 23.7. The molecule has 2 aliphatic heterocycles. The standard InChI is InChI=1S/C29H36F3NO/c1-19(2)16-21-4-5-23-10-11-28(34-27(23)17-21)12-14-33(15-13-28)20(3)26-18-24(29(30,31)32)8-9-25(26)22-6-7-22/h4-5,8-9,17-20,22H,6-7,10-16H2,1-3H3. The van der Waals surface area contributed by atoms with Gasteiger partial charge in [-0.3, -0.25) is 4.90 Å². The smallest absolute Gasteiger partial charge is 0.416 e. The van der Waals surface area contributed by atoms with Crippen LogP contribution >= 0.6 is 0 Å². The summed E-state index contributed by atoms with van der Waals surface area (Å²) < 4.78 is 47.0. The summed E-state index contributed by atoms with van der Waals surface area (Å²) in [4.78, 5) is 2.36. The summed E-state index contributed by atoms with van der Waals surface area (Å²) in [5.41, 5.74) is 3.92. The highest BCUT2D eigenvalue weighted by Crippen LogP contribution is 2.46. The van der Waals surface area contributed by atoms with Crippen molar-refractivity contribution in [3.63, 3.8) is 0 Å². The molecule has 1 atom stereocenters. The number of alkyl halides is 3. The van der Waals surface area contributed by atoms with Crippen LogP contribution in [0.1, 0.15) is 92.7 Å². The van der Waals surface area contributed by atoms with Crippen LogP contribution in [0.3, 0.4) is 0 Å². The Balaban J connectivity index is 1.30. The number of hydrogen-bond donors (Lipinski definition) is 0. The van der Waals surface area contributed by atoms with Crippen molar-refractivity contribution < 1.29 is 17.9 Å². The Morgan fingerprint density at radius 3 is 2.38 bits per heavy atom. The van der Waals surface area contributed by atoms with Crippen molar-refractivity contribution in [2.75, 3.05) is 13.1 Å². The van der Waals surface area contributed by atoms with Gasteiger partial charge in [-0.25, -0.2) is 0 Å². The Kier molecular flexibility index (Phi) is 6.20. The summed E-state index contributed by atoms with van der Waals surface area (Å²) in [5.74, 6) is 2.07. The van der Waals surface area contributed by atoms with Gasteiger partial charge in [-0.05, 0) is 104 Å². The van der Waals surface area contributed by atoms with E-state index < -0.39 is 11.7 Å². The van der Waals surface area contributed by atoms with E-state index >= 15 is 0 Å². The van der Waals surface area contributed by atoms with E-state index in [1.165, 1.54) is 23.3 Å². The van der Waals surface area contributed by atoms with Crippen LogP contribution in [0.15, 0.2) is 36.4 Å². The minimum atomic E-state index is -4.31. The number of fused-ring (bicyclic) bond motifs is 1. The topological polar surface area (TPSA) is 12.5 Å². The van der Waals surface area contributed by atoms with E-state index in [4.69, 9.17) is 4.74 Å². The van der Waals surface area contributed by atoms with Crippen LogP contribution in [0.4, 0.5) is 13.2 Å². The van der Waals surface area contributed by atoms with Crippen LogP contribution in [0.25, 0.3) is 0 Å². The van der Waals surface area contributed by atoms with E-state index in [1.54, 1.807) is 6.07 Å². The molecule has 2 fully saturated rings. The van der Waals surface area contributed by atoms with E-state index in [1.807, 2.05) is 0 Å². The van der Waals surface area contributed by atoms with Gasteiger partial charge in [0.25, 0.3) is 0 Å². The van der Waals surface area contributed by atoms with Crippen molar-refractivity contribution in [3.05, 3.63) is 64.2 Å². The number of ether oxygens (including phenoxy) is 1. The molecular formula is C29H36F3NO. The molecule has 2 heterocycles. The molecule has 0 bridgehead atoms. The zero-order valence-electron chi connectivity index (χ0n) is 20.5. The Labute approximate surface area is 201 Å². The van der Waals surface area contributed by atoms with Gasteiger partial charge in [0.2, 0.25) is 0 Å². The fraction of sp³-hybridized carbons (Fsp3) is 0.586. The van der Waals surface area contributed by atoms with Crippen LogP contribution in [0.2, 0.25) is 0 Å². The van der Waals surface area contributed by atoms with Crippen molar-refractivity contribution in [2.45, 2.75) is 89.5 Å². The lowest BCUT2D eigenvalue weighted by molar-refractivity contribution is -0.137. The van der Waals surface area contributed by atoms with Gasteiger partial charge < -0.3 is 4.74 Å². The molecule has 0 N–H and O–H groups in total. The number of piperidine rings is 1. The van der Waals surface area contributed by atoms with E-state index in [0.717, 1.165) is 74.9 Å². The molecule has 0 aromatic heterocycles.